The molecule has 19 heavy (non-hydrogen) atoms. The number of hydrogen-bond acceptors (Lipinski definition) is 4. The molecule has 0 aliphatic heterocycles. The van der Waals surface area contributed by atoms with E-state index in [0.717, 1.165) is 3.57 Å². The summed E-state index contributed by atoms with van der Waals surface area (Å²) >= 11 is 4.16. The average molecular weight is 479 g/mol. The van der Waals surface area contributed by atoms with Gasteiger partial charge in [0.15, 0.2) is 5.69 Å². The van der Waals surface area contributed by atoms with Crippen LogP contribution in [0.2, 0.25) is 0 Å². The van der Waals surface area contributed by atoms with E-state index in [1.54, 1.807) is 12.1 Å². The van der Waals surface area contributed by atoms with E-state index in [4.69, 9.17) is 0 Å². The van der Waals surface area contributed by atoms with Gasteiger partial charge in [0.05, 0.1) is 10.6 Å². The van der Waals surface area contributed by atoms with E-state index in [1.807, 2.05) is 46.9 Å². The Labute approximate surface area is 136 Å². The number of benzene rings is 2. The van der Waals surface area contributed by atoms with E-state index in [1.165, 1.54) is 6.07 Å². The number of nitro benzene ring substituents is 1. The van der Waals surface area contributed by atoms with Crippen molar-refractivity contribution in [3.63, 3.8) is 0 Å². The predicted molar refractivity (Wildman–Crippen MR) is 89.1 cm³/mol. The molecule has 2 rings (SSSR count). The Morgan fingerprint density at radius 3 is 2.32 bits per heavy atom. The number of nitro groups is 1. The zero-order valence-corrected chi connectivity index (χ0v) is 13.8. The van der Waals surface area contributed by atoms with E-state index in [9.17, 15) is 10.1 Å². The molecule has 2 aromatic rings. The van der Waals surface area contributed by atoms with Crippen LogP contribution in [0.1, 0.15) is 0 Å². The lowest BCUT2D eigenvalue weighted by molar-refractivity contribution is -0.384. The van der Waals surface area contributed by atoms with Gasteiger partial charge in [-0.05, 0) is 63.4 Å². The SMILES string of the molecule is O=[N+]([O-])c1cccc(I)c1N=Nc1ccccc1I. The maximum absolute atomic E-state index is 11.0. The lowest BCUT2D eigenvalue weighted by atomic mass is 10.3. The molecule has 0 unspecified atom stereocenters. The van der Waals surface area contributed by atoms with Gasteiger partial charge in [-0.25, -0.2) is 0 Å². The minimum Gasteiger partial charge on any atom is -0.258 e. The fraction of sp³-hybridized carbons (Fsp3) is 0. The highest BCUT2D eigenvalue weighted by Gasteiger charge is 2.15. The quantitative estimate of drug-likeness (QED) is 0.262. The molecule has 0 amide bonds. The molecule has 0 spiro atoms. The van der Waals surface area contributed by atoms with Crippen molar-refractivity contribution in [2.24, 2.45) is 10.2 Å². The zero-order chi connectivity index (χ0) is 13.8. The van der Waals surface area contributed by atoms with E-state index in [-0.39, 0.29) is 11.4 Å². The molecule has 0 fully saturated rings. The van der Waals surface area contributed by atoms with Gasteiger partial charge in [0, 0.05) is 13.2 Å². The van der Waals surface area contributed by atoms with Crippen molar-refractivity contribution in [3.8, 4) is 0 Å². The van der Waals surface area contributed by atoms with E-state index >= 15 is 0 Å². The van der Waals surface area contributed by atoms with Crippen molar-refractivity contribution in [3.05, 3.63) is 59.7 Å². The van der Waals surface area contributed by atoms with Gasteiger partial charge in [-0.15, -0.1) is 10.2 Å². The largest absolute Gasteiger partial charge is 0.297 e. The molecule has 0 saturated heterocycles. The average Bonchev–Trinajstić information content (AvgIpc) is 2.38. The summed E-state index contributed by atoms with van der Waals surface area (Å²) in [5.41, 5.74) is 0.936. The number of azo groups is 1. The highest BCUT2D eigenvalue weighted by molar-refractivity contribution is 14.1. The second-order valence-corrected chi connectivity index (χ2v) is 5.84. The first-order chi connectivity index (χ1) is 9.09. The topological polar surface area (TPSA) is 67.9 Å². The highest BCUT2D eigenvalue weighted by Crippen LogP contribution is 2.34. The molecule has 0 aliphatic carbocycles. The summed E-state index contributed by atoms with van der Waals surface area (Å²) in [6, 6.07) is 12.3. The van der Waals surface area contributed by atoms with Gasteiger partial charge in [-0.2, -0.15) is 0 Å². The number of halogens is 2. The molecule has 0 atom stereocenters. The Morgan fingerprint density at radius 2 is 1.63 bits per heavy atom. The van der Waals surface area contributed by atoms with Crippen LogP contribution in [0.4, 0.5) is 17.1 Å². The molecule has 0 N–H and O–H groups in total. The van der Waals surface area contributed by atoms with Crippen LogP contribution in [0, 0.1) is 17.3 Å². The lowest BCUT2D eigenvalue weighted by Gasteiger charge is -1.99. The molecule has 0 aromatic heterocycles. The van der Waals surface area contributed by atoms with Crippen molar-refractivity contribution in [1.29, 1.82) is 0 Å². The third-order valence-electron chi connectivity index (χ3n) is 2.27. The van der Waals surface area contributed by atoms with E-state index in [2.05, 4.69) is 32.8 Å². The van der Waals surface area contributed by atoms with Gasteiger partial charge in [-0.3, -0.25) is 10.1 Å². The van der Waals surface area contributed by atoms with E-state index < -0.39 is 4.92 Å². The molecule has 0 heterocycles. The van der Waals surface area contributed by atoms with Gasteiger partial charge >= 0.3 is 0 Å². The van der Waals surface area contributed by atoms with Crippen molar-refractivity contribution in [1.82, 2.24) is 0 Å². The molecule has 96 valence electrons. The third kappa shape index (κ3) is 3.47. The molecule has 0 radical (unpaired) electrons. The lowest BCUT2D eigenvalue weighted by Crippen LogP contribution is -1.89. The molecular weight excluding hydrogens is 472 g/mol. The maximum Gasteiger partial charge on any atom is 0.297 e. The predicted octanol–water partition coefficient (Wildman–Crippen LogP) is 5.22. The first-order valence-electron chi connectivity index (χ1n) is 5.19. The Hall–Kier alpha value is -1.10. The van der Waals surface area contributed by atoms with Crippen LogP contribution < -0.4 is 0 Å². The third-order valence-corrected chi connectivity index (χ3v) is 4.06. The van der Waals surface area contributed by atoms with Crippen molar-refractivity contribution < 1.29 is 4.92 Å². The van der Waals surface area contributed by atoms with Crippen LogP contribution in [0.15, 0.2) is 52.7 Å². The van der Waals surface area contributed by atoms with Gasteiger partial charge in [-0.1, -0.05) is 18.2 Å². The first-order valence-corrected chi connectivity index (χ1v) is 7.34. The second kappa shape index (κ2) is 6.37. The molecule has 0 bridgehead atoms. The summed E-state index contributed by atoms with van der Waals surface area (Å²) in [5.74, 6) is 0. The van der Waals surface area contributed by atoms with Crippen LogP contribution in [-0.2, 0) is 0 Å². The standard InChI is InChI=1S/C12H7I2N3O2/c13-8-4-1-2-6-10(8)15-16-12-9(14)5-3-7-11(12)17(18)19/h1-7H. The minimum absolute atomic E-state index is 0.0402. The van der Waals surface area contributed by atoms with Gasteiger partial charge < -0.3 is 0 Å². The smallest absolute Gasteiger partial charge is 0.258 e. The molecule has 2 aromatic carbocycles. The summed E-state index contributed by atoms with van der Waals surface area (Å²) in [7, 11) is 0. The molecule has 5 nitrogen and oxygen atoms in total. The summed E-state index contributed by atoms with van der Waals surface area (Å²) in [4.78, 5) is 10.5. The highest BCUT2D eigenvalue weighted by atomic mass is 127. The number of nitrogens with zero attached hydrogens (tertiary/aromatic N) is 3. The van der Waals surface area contributed by atoms with Gasteiger partial charge in [0.25, 0.3) is 5.69 Å². The molecule has 0 aliphatic rings. The normalized spacial score (nSPS) is 10.8. The van der Waals surface area contributed by atoms with E-state index in [0.29, 0.717) is 9.26 Å². The van der Waals surface area contributed by atoms with Crippen LogP contribution in [0.5, 0.6) is 0 Å². The van der Waals surface area contributed by atoms with Gasteiger partial charge in [0.1, 0.15) is 0 Å². The summed E-state index contributed by atoms with van der Waals surface area (Å²) in [6.07, 6.45) is 0. The second-order valence-electron chi connectivity index (χ2n) is 3.52. The zero-order valence-electron chi connectivity index (χ0n) is 9.46. The van der Waals surface area contributed by atoms with Crippen LogP contribution >= 0.6 is 45.2 Å². The molecule has 0 saturated carbocycles. The van der Waals surface area contributed by atoms with Crippen LogP contribution in [0.25, 0.3) is 0 Å². The van der Waals surface area contributed by atoms with Crippen LogP contribution in [-0.4, -0.2) is 4.92 Å². The minimum atomic E-state index is -0.452. The molecule has 7 heteroatoms. The fourth-order valence-corrected chi connectivity index (χ4v) is 2.47. The summed E-state index contributed by atoms with van der Waals surface area (Å²) in [6.45, 7) is 0. The first kappa shape index (κ1) is 14.3. The number of hydrogen-bond donors (Lipinski definition) is 0. The summed E-state index contributed by atoms with van der Waals surface area (Å²) in [5, 5.41) is 19.1. The van der Waals surface area contributed by atoms with Crippen LogP contribution in [0.3, 0.4) is 0 Å². The van der Waals surface area contributed by atoms with Crippen molar-refractivity contribution in [2.75, 3.05) is 0 Å². The van der Waals surface area contributed by atoms with Crippen molar-refractivity contribution in [2.45, 2.75) is 0 Å². The Balaban J connectivity index is 2.44. The monoisotopic (exact) mass is 479 g/mol. The fourth-order valence-electron chi connectivity index (χ4n) is 1.39. The van der Waals surface area contributed by atoms with Crippen molar-refractivity contribution >= 4 is 62.2 Å². The Kier molecular flexibility index (Phi) is 4.80. The summed E-state index contributed by atoms with van der Waals surface area (Å²) < 4.78 is 1.64. The maximum atomic E-state index is 11.0. The Morgan fingerprint density at radius 1 is 0.947 bits per heavy atom. The van der Waals surface area contributed by atoms with Gasteiger partial charge in [0.2, 0.25) is 0 Å². The molecular formula is C12H7I2N3O2. The number of rotatable bonds is 3. The Bertz CT molecular complexity index is 659.